The first kappa shape index (κ1) is 16.3. The molecule has 0 aliphatic heterocycles. The second-order valence-corrected chi connectivity index (χ2v) is 5.95. The Bertz CT molecular complexity index is 649. The summed E-state index contributed by atoms with van der Waals surface area (Å²) in [5, 5.41) is 17.6. The molecule has 1 heterocycles. The Hall–Kier alpha value is -2.08. The lowest BCUT2D eigenvalue weighted by molar-refractivity contribution is 0.167. The predicted molar refractivity (Wildman–Crippen MR) is 88.1 cm³/mol. The molecule has 6 heteroatoms. The maximum atomic E-state index is 12.1. The van der Waals surface area contributed by atoms with Crippen molar-refractivity contribution in [2.75, 3.05) is 18.9 Å². The first-order valence-corrected chi connectivity index (χ1v) is 7.56. The number of aliphatic hydroxyl groups excluding tert-OH is 1. The summed E-state index contributed by atoms with van der Waals surface area (Å²) in [6.07, 6.45) is 1.98. The van der Waals surface area contributed by atoms with Crippen molar-refractivity contribution >= 4 is 22.6 Å². The number of fused-ring (bicyclic) bond motifs is 1. The molecule has 22 heavy (non-hydrogen) atoms. The number of nitrogens with zero attached hydrogens (tertiary/aromatic N) is 3. The third kappa shape index (κ3) is 3.76. The van der Waals surface area contributed by atoms with E-state index in [0.29, 0.717) is 13.0 Å². The number of nitrogens with one attached hydrogen (secondary N) is 1. The summed E-state index contributed by atoms with van der Waals surface area (Å²) in [6, 6.07) is 5.83. The number of benzene rings is 1. The molecule has 0 saturated carbocycles. The van der Waals surface area contributed by atoms with Crippen LogP contribution in [0.1, 0.15) is 33.2 Å². The second kappa shape index (κ2) is 6.79. The molecule has 0 fully saturated rings. The molecule has 1 aromatic heterocycles. The van der Waals surface area contributed by atoms with Crippen molar-refractivity contribution in [3.05, 3.63) is 24.4 Å². The van der Waals surface area contributed by atoms with Crippen LogP contribution < -0.4 is 5.32 Å². The molecule has 0 aliphatic rings. The van der Waals surface area contributed by atoms with Crippen LogP contribution in [0.15, 0.2) is 24.4 Å². The van der Waals surface area contributed by atoms with Crippen LogP contribution >= 0.6 is 0 Å². The van der Waals surface area contributed by atoms with Gasteiger partial charge in [-0.1, -0.05) is 0 Å². The Morgan fingerprint density at radius 3 is 2.77 bits per heavy atom. The van der Waals surface area contributed by atoms with Crippen LogP contribution in [0.25, 0.3) is 10.9 Å². The van der Waals surface area contributed by atoms with Gasteiger partial charge in [0.15, 0.2) is 0 Å². The Morgan fingerprint density at radius 2 is 2.14 bits per heavy atom. The van der Waals surface area contributed by atoms with Gasteiger partial charge < -0.3 is 15.3 Å². The number of urea groups is 1. The Morgan fingerprint density at radius 1 is 1.41 bits per heavy atom. The molecule has 2 N–H and O–H groups in total. The Kier molecular flexibility index (Phi) is 5.03. The van der Waals surface area contributed by atoms with Crippen molar-refractivity contribution in [3.63, 3.8) is 0 Å². The van der Waals surface area contributed by atoms with E-state index < -0.39 is 6.10 Å². The average molecular weight is 304 g/mol. The minimum Gasteiger partial charge on any atom is -0.393 e. The smallest absolute Gasteiger partial charge is 0.321 e. The lowest BCUT2D eigenvalue weighted by atomic mass is 10.2. The molecule has 0 unspecified atom stereocenters. The van der Waals surface area contributed by atoms with Gasteiger partial charge in [0.2, 0.25) is 0 Å². The number of aromatic nitrogens is 2. The largest absolute Gasteiger partial charge is 0.393 e. The lowest BCUT2D eigenvalue weighted by Gasteiger charge is -2.19. The Balaban J connectivity index is 2.11. The van der Waals surface area contributed by atoms with E-state index in [0.717, 1.165) is 16.6 Å². The fourth-order valence-electron chi connectivity index (χ4n) is 2.23. The summed E-state index contributed by atoms with van der Waals surface area (Å²) in [5.41, 5.74) is 1.74. The maximum absolute atomic E-state index is 12.1. The summed E-state index contributed by atoms with van der Waals surface area (Å²) in [6.45, 7) is 6.37. The quantitative estimate of drug-likeness (QED) is 0.892. The highest BCUT2D eigenvalue weighted by Gasteiger charge is 2.11. The highest BCUT2D eigenvalue weighted by atomic mass is 16.3. The average Bonchev–Trinajstić information content (AvgIpc) is 2.87. The number of anilines is 1. The van der Waals surface area contributed by atoms with Gasteiger partial charge in [0.05, 0.1) is 17.8 Å². The van der Waals surface area contributed by atoms with Gasteiger partial charge in [0.25, 0.3) is 0 Å². The van der Waals surface area contributed by atoms with Crippen LogP contribution in [-0.2, 0) is 0 Å². The van der Waals surface area contributed by atoms with E-state index >= 15 is 0 Å². The van der Waals surface area contributed by atoms with Gasteiger partial charge in [-0.3, -0.25) is 4.68 Å². The monoisotopic (exact) mass is 304 g/mol. The van der Waals surface area contributed by atoms with Crippen molar-refractivity contribution in [2.24, 2.45) is 0 Å². The van der Waals surface area contributed by atoms with Gasteiger partial charge in [-0.05, 0) is 45.4 Å². The molecule has 2 aromatic rings. The molecule has 0 bridgehead atoms. The topological polar surface area (TPSA) is 70.4 Å². The SMILES string of the molecule is CC(C)n1ncc2ccc(NC(=O)N(C)CC[C@@H](C)O)cc21. The highest BCUT2D eigenvalue weighted by molar-refractivity contribution is 5.92. The third-order valence-corrected chi connectivity index (χ3v) is 3.57. The zero-order chi connectivity index (χ0) is 16.3. The van der Waals surface area contributed by atoms with E-state index in [-0.39, 0.29) is 12.1 Å². The predicted octanol–water partition coefficient (Wildman–Crippen LogP) is 2.85. The van der Waals surface area contributed by atoms with E-state index in [1.165, 1.54) is 0 Å². The van der Waals surface area contributed by atoms with Gasteiger partial charge in [0, 0.05) is 30.7 Å². The minimum absolute atomic E-state index is 0.185. The summed E-state index contributed by atoms with van der Waals surface area (Å²) in [5.74, 6) is 0. The molecule has 0 radical (unpaired) electrons. The molecular weight excluding hydrogens is 280 g/mol. The number of rotatable bonds is 5. The van der Waals surface area contributed by atoms with E-state index in [4.69, 9.17) is 0 Å². The van der Waals surface area contributed by atoms with Crippen LogP contribution in [0.4, 0.5) is 10.5 Å². The summed E-state index contributed by atoms with van der Waals surface area (Å²) in [7, 11) is 1.72. The number of amides is 2. The zero-order valence-corrected chi connectivity index (χ0v) is 13.6. The molecule has 1 aromatic carbocycles. The molecule has 0 aliphatic carbocycles. The molecular formula is C16H24N4O2. The fourth-order valence-corrected chi connectivity index (χ4v) is 2.23. The summed E-state index contributed by atoms with van der Waals surface area (Å²) < 4.78 is 1.93. The standard InChI is InChI=1S/C16H24N4O2/c1-11(2)20-15-9-14(6-5-13(15)10-17-20)18-16(22)19(4)8-7-12(3)21/h5-6,9-12,21H,7-8H2,1-4H3,(H,18,22)/t12-/m1/s1. The van der Waals surface area contributed by atoms with Crippen LogP contribution in [0.3, 0.4) is 0 Å². The normalized spacial score (nSPS) is 12.6. The van der Waals surface area contributed by atoms with Crippen LogP contribution in [0.2, 0.25) is 0 Å². The maximum Gasteiger partial charge on any atom is 0.321 e. The van der Waals surface area contributed by atoms with Gasteiger partial charge in [-0.2, -0.15) is 5.10 Å². The van der Waals surface area contributed by atoms with Crippen molar-refractivity contribution < 1.29 is 9.90 Å². The van der Waals surface area contributed by atoms with Crippen LogP contribution in [0.5, 0.6) is 0 Å². The molecule has 120 valence electrons. The van der Waals surface area contributed by atoms with Gasteiger partial charge in [0.1, 0.15) is 0 Å². The minimum atomic E-state index is -0.410. The van der Waals surface area contributed by atoms with E-state index in [9.17, 15) is 9.90 Å². The molecule has 2 amide bonds. The van der Waals surface area contributed by atoms with Gasteiger partial charge in [-0.15, -0.1) is 0 Å². The first-order valence-electron chi connectivity index (χ1n) is 7.56. The summed E-state index contributed by atoms with van der Waals surface area (Å²) in [4.78, 5) is 13.7. The molecule has 1 atom stereocenters. The van der Waals surface area contributed by atoms with Crippen molar-refractivity contribution in [3.8, 4) is 0 Å². The van der Waals surface area contributed by atoms with Gasteiger partial charge >= 0.3 is 6.03 Å². The number of carbonyl (C=O) groups excluding carboxylic acids is 1. The third-order valence-electron chi connectivity index (χ3n) is 3.57. The van der Waals surface area contributed by atoms with Crippen LogP contribution in [0, 0.1) is 0 Å². The fraction of sp³-hybridized carbons (Fsp3) is 0.500. The van der Waals surface area contributed by atoms with Crippen molar-refractivity contribution in [1.29, 1.82) is 0 Å². The van der Waals surface area contributed by atoms with Crippen molar-refractivity contribution in [1.82, 2.24) is 14.7 Å². The number of aliphatic hydroxyl groups is 1. The zero-order valence-electron chi connectivity index (χ0n) is 13.6. The summed E-state index contributed by atoms with van der Waals surface area (Å²) >= 11 is 0. The second-order valence-electron chi connectivity index (χ2n) is 5.95. The van der Waals surface area contributed by atoms with E-state index in [1.54, 1.807) is 18.9 Å². The van der Waals surface area contributed by atoms with E-state index in [1.807, 2.05) is 29.1 Å². The number of hydrogen-bond acceptors (Lipinski definition) is 3. The molecule has 0 spiro atoms. The van der Waals surface area contributed by atoms with Crippen molar-refractivity contribution in [2.45, 2.75) is 39.3 Å². The number of carbonyl (C=O) groups is 1. The molecule has 2 rings (SSSR count). The first-order chi connectivity index (χ1) is 10.4. The molecule has 6 nitrogen and oxygen atoms in total. The molecule has 0 saturated heterocycles. The van der Waals surface area contributed by atoms with E-state index in [2.05, 4.69) is 24.3 Å². The number of hydrogen-bond donors (Lipinski definition) is 2. The van der Waals surface area contributed by atoms with Crippen LogP contribution in [-0.4, -0.2) is 45.5 Å². The Labute approximate surface area is 130 Å². The highest BCUT2D eigenvalue weighted by Crippen LogP contribution is 2.21. The lowest BCUT2D eigenvalue weighted by Crippen LogP contribution is -2.33. The van der Waals surface area contributed by atoms with Gasteiger partial charge in [-0.25, -0.2) is 4.79 Å².